The molecule has 0 fully saturated rings. The molecule has 0 bridgehead atoms. The van der Waals surface area contributed by atoms with Crippen molar-refractivity contribution in [2.24, 2.45) is 5.73 Å². The number of rotatable bonds is 7. The van der Waals surface area contributed by atoms with Crippen LogP contribution in [-0.2, 0) is 11.3 Å². The van der Waals surface area contributed by atoms with E-state index in [1.54, 1.807) is 6.26 Å². The van der Waals surface area contributed by atoms with E-state index in [0.29, 0.717) is 18.9 Å². The Morgan fingerprint density at radius 2 is 2.05 bits per heavy atom. The second-order valence-corrected chi connectivity index (χ2v) is 4.02. The predicted molar refractivity (Wildman–Crippen MR) is 71.8 cm³/mol. The Balaban J connectivity index is 1.79. The SMILES string of the molecule is NC(=O)CCOc1ccc(NCc2ccco2)cc1. The molecule has 0 saturated carbocycles. The van der Waals surface area contributed by atoms with Gasteiger partial charge in [0.15, 0.2) is 0 Å². The first kappa shape index (κ1) is 13.0. The maximum absolute atomic E-state index is 10.6. The molecule has 2 rings (SSSR count). The number of ether oxygens (including phenoxy) is 1. The van der Waals surface area contributed by atoms with E-state index in [-0.39, 0.29) is 12.3 Å². The molecular weight excluding hydrogens is 244 g/mol. The summed E-state index contributed by atoms with van der Waals surface area (Å²) in [6, 6.07) is 11.3. The molecule has 1 aromatic heterocycles. The largest absolute Gasteiger partial charge is 0.493 e. The second kappa shape index (κ2) is 6.49. The lowest BCUT2D eigenvalue weighted by atomic mass is 10.3. The summed E-state index contributed by atoms with van der Waals surface area (Å²) in [6.07, 6.45) is 1.87. The van der Waals surface area contributed by atoms with Crippen LogP contribution in [-0.4, -0.2) is 12.5 Å². The van der Waals surface area contributed by atoms with Crippen molar-refractivity contribution in [2.75, 3.05) is 11.9 Å². The van der Waals surface area contributed by atoms with Crippen molar-refractivity contribution in [1.82, 2.24) is 0 Å². The van der Waals surface area contributed by atoms with Crippen LogP contribution in [0.5, 0.6) is 5.75 Å². The van der Waals surface area contributed by atoms with E-state index in [1.807, 2.05) is 36.4 Å². The molecule has 0 radical (unpaired) electrons. The van der Waals surface area contributed by atoms with Crippen molar-refractivity contribution in [1.29, 1.82) is 0 Å². The molecule has 1 amide bonds. The Morgan fingerprint density at radius 1 is 1.26 bits per heavy atom. The van der Waals surface area contributed by atoms with E-state index in [4.69, 9.17) is 14.9 Å². The smallest absolute Gasteiger partial charge is 0.220 e. The fourth-order valence-electron chi connectivity index (χ4n) is 1.54. The lowest BCUT2D eigenvalue weighted by Crippen LogP contribution is -2.14. The number of benzene rings is 1. The van der Waals surface area contributed by atoms with Gasteiger partial charge in [-0.15, -0.1) is 0 Å². The maximum Gasteiger partial charge on any atom is 0.220 e. The van der Waals surface area contributed by atoms with E-state index in [0.717, 1.165) is 11.4 Å². The van der Waals surface area contributed by atoms with E-state index in [2.05, 4.69) is 5.32 Å². The minimum atomic E-state index is -0.364. The third-order valence-electron chi connectivity index (χ3n) is 2.52. The van der Waals surface area contributed by atoms with Gasteiger partial charge in [-0.3, -0.25) is 4.79 Å². The van der Waals surface area contributed by atoms with Crippen molar-refractivity contribution in [3.8, 4) is 5.75 Å². The number of furan rings is 1. The summed E-state index contributed by atoms with van der Waals surface area (Å²) in [5.41, 5.74) is 6.00. The van der Waals surface area contributed by atoms with Gasteiger partial charge >= 0.3 is 0 Å². The summed E-state index contributed by atoms with van der Waals surface area (Å²) in [6.45, 7) is 0.934. The fourth-order valence-corrected chi connectivity index (χ4v) is 1.54. The topological polar surface area (TPSA) is 77.5 Å². The Hall–Kier alpha value is -2.43. The zero-order valence-electron chi connectivity index (χ0n) is 10.5. The van der Waals surface area contributed by atoms with Crippen LogP contribution in [0.25, 0.3) is 0 Å². The number of amides is 1. The highest BCUT2D eigenvalue weighted by Gasteiger charge is 1.99. The first-order valence-corrected chi connectivity index (χ1v) is 6.01. The molecule has 2 aromatic rings. The number of hydrogen-bond acceptors (Lipinski definition) is 4. The van der Waals surface area contributed by atoms with Crippen LogP contribution in [0.2, 0.25) is 0 Å². The molecule has 5 heteroatoms. The molecule has 0 unspecified atom stereocenters. The monoisotopic (exact) mass is 260 g/mol. The highest BCUT2D eigenvalue weighted by Crippen LogP contribution is 2.16. The second-order valence-electron chi connectivity index (χ2n) is 4.02. The predicted octanol–water partition coefficient (Wildman–Crippen LogP) is 2.15. The highest BCUT2D eigenvalue weighted by molar-refractivity contribution is 5.73. The van der Waals surface area contributed by atoms with Gasteiger partial charge in [-0.25, -0.2) is 0 Å². The van der Waals surface area contributed by atoms with Crippen LogP contribution < -0.4 is 15.8 Å². The van der Waals surface area contributed by atoms with Crippen molar-refractivity contribution < 1.29 is 13.9 Å². The molecular formula is C14H16N2O3. The third-order valence-corrected chi connectivity index (χ3v) is 2.52. The van der Waals surface area contributed by atoms with Gasteiger partial charge < -0.3 is 20.2 Å². The van der Waals surface area contributed by atoms with E-state index in [9.17, 15) is 4.79 Å². The molecule has 1 aromatic carbocycles. The number of primary amides is 1. The summed E-state index contributed by atoms with van der Waals surface area (Å²) in [4.78, 5) is 10.6. The first-order valence-electron chi connectivity index (χ1n) is 6.01. The zero-order chi connectivity index (χ0) is 13.5. The number of carbonyl (C=O) groups is 1. The summed E-state index contributed by atoms with van der Waals surface area (Å²) < 4.78 is 10.6. The van der Waals surface area contributed by atoms with Gasteiger partial charge in [-0.2, -0.15) is 0 Å². The molecule has 3 N–H and O–H groups in total. The molecule has 0 saturated heterocycles. The molecule has 0 aliphatic rings. The van der Waals surface area contributed by atoms with Gasteiger partial charge in [0.05, 0.1) is 25.8 Å². The summed E-state index contributed by atoms with van der Waals surface area (Å²) in [5, 5.41) is 3.23. The average Bonchev–Trinajstić information content (AvgIpc) is 2.90. The van der Waals surface area contributed by atoms with Crippen molar-refractivity contribution in [3.05, 3.63) is 48.4 Å². The molecule has 0 atom stereocenters. The van der Waals surface area contributed by atoms with Crippen molar-refractivity contribution in [2.45, 2.75) is 13.0 Å². The average molecular weight is 260 g/mol. The Bertz CT molecular complexity index is 506. The Morgan fingerprint density at radius 3 is 2.68 bits per heavy atom. The molecule has 5 nitrogen and oxygen atoms in total. The van der Waals surface area contributed by atoms with E-state index >= 15 is 0 Å². The van der Waals surface area contributed by atoms with Gasteiger partial charge in [0, 0.05) is 5.69 Å². The van der Waals surface area contributed by atoms with Gasteiger partial charge in [-0.1, -0.05) is 0 Å². The van der Waals surface area contributed by atoms with Crippen LogP contribution in [0.1, 0.15) is 12.2 Å². The van der Waals surface area contributed by atoms with Gasteiger partial charge in [-0.05, 0) is 36.4 Å². The lowest BCUT2D eigenvalue weighted by Gasteiger charge is -2.07. The Labute approximate surface area is 111 Å². The number of nitrogens with one attached hydrogen (secondary N) is 1. The van der Waals surface area contributed by atoms with E-state index in [1.165, 1.54) is 0 Å². The minimum absolute atomic E-state index is 0.221. The quantitative estimate of drug-likeness (QED) is 0.799. The third kappa shape index (κ3) is 4.39. The van der Waals surface area contributed by atoms with Crippen LogP contribution in [0.3, 0.4) is 0 Å². The molecule has 0 aliphatic heterocycles. The van der Waals surface area contributed by atoms with Crippen LogP contribution >= 0.6 is 0 Å². The summed E-state index contributed by atoms with van der Waals surface area (Å²) in [7, 11) is 0. The van der Waals surface area contributed by atoms with Gasteiger partial charge in [0.1, 0.15) is 11.5 Å². The first-order chi connectivity index (χ1) is 9.24. The Kier molecular flexibility index (Phi) is 4.44. The normalized spacial score (nSPS) is 10.1. The molecule has 0 spiro atoms. The van der Waals surface area contributed by atoms with Gasteiger partial charge in [0.2, 0.25) is 5.91 Å². The minimum Gasteiger partial charge on any atom is -0.493 e. The van der Waals surface area contributed by atoms with Crippen LogP contribution in [0.4, 0.5) is 5.69 Å². The fraction of sp³-hybridized carbons (Fsp3) is 0.214. The number of carbonyl (C=O) groups excluding carboxylic acids is 1. The molecule has 19 heavy (non-hydrogen) atoms. The molecule has 100 valence electrons. The standard InChI is InChI=1S/C14H16N2O3/c15-14(17)7-9-19-12-5-3-11(4-6-12)16-10-13-2-1-8-18-13/h1-6,8,16H,7,9-10H2,(H2,15,17). The molecule has 1 heterocycles. The van der Waals surface area contributed by atoms with Crippen LogP contribution in [0, 0.1) is 0 Å². The number of anilines is 1. The zero-order valence-corrected chi connectivity index (χ0v) is 10.5. The maximum atomic E-state index is 10.6. The summed E-state index contributed by atoms with van der Waals surface area (Å²) >= 11 is 0. The van der Waals surface area contributed by atoms with E-state index < -0.39 is 0 Å². The van der Waals surface area contributed by atoms with Crippen molar-refractivity contribution in [3.63, 3.8) is 0 Å². The number of nitrogens with two attached hydrogens (primary N) is 1. The highest BCUT2D eigenvalue weighted by atomic mass is 16.5. The van der Waals surface area contributed by atoms with Crippen LogP contribution in [0.15, 0.2) is 47.1 Å². The lowest BCUT2D eigenvalue weighted by molar-refractivity contribution is -0.118. The summed E-state index contributed by atoms with van der Waals surface area (Å²) in [5.74, 6) is 1.23. The van der Waals surface area contributed by atoms with Crippen molar-refractivity contribution >= 4 is 11.6 Å². The molecule has 0 aliphatic carbocycles. The van der Waals surface area contributed by atoms with Gasteiger partial charge in [0.25, 0.3) is 0 Å². The number of hydrogen-bond donors (Lipinski definition) is 2.